The lowest BCUT2D eigenvalue weighted by atomic mass is 10.1. The van der Waals surface area contributed by atoms with Crippen LogP contribution >= 0.6 is 0 Å². The Labute approximate surface area is 108 Å². The maximum Gasteiger partial charge on any atom is 0.0945 e. The van der Waals surface area contributed by atoms with E-state index in [9.17, 15) is 0 Å². The second-order valence-electron chi connectivity index (χ2n) is 4.98. The standard InChI is InChI=1S/C15H19N3/c1-2-5-14-11-15(10-13(14)4-1)17-6-3-8-18-9-7-16-12-18/h1-2,4-5,7,9,12,15,17H,3,6,8,10-11H2. The van der Waals surface area contributed by atoms with Crippen LogP contribution in [-0.2, 0) is 19.4 Å². The van der Waals surface area contributed by atoms with Gasteiger partial charge in [0.1, 0.15) is 0 Å². The van der Waals surface area contributed by atoms with Gasteiger partial charge in [-0.3, -0.25) is 0 Å². The summed E-state index contributed by atoms with van der Waals surface area (Å²) >= 11 is 0. The molecule has 0 amide bonds. The zero-order valence-corrected chi connectivity index (χ0v) is 10.5. The van der Waals surface area contributed by atoms with E-state index in [-0.39, 0.29) is 0 Å². The number of aryl methyl sites for hydroxylation is 1. The molecule has 2 aromatic rings. The molecule has 1 heterocycles. The highest BCUT2D eigenvalue weighted by atomic mass is 15.0. The Morgan fingerprint density at radius 2 is 2.00 bits per heavy atom. The van der Waals surface area contributed by atoms with Gasteiger partial charge in [0.25, 0.3) is 0 Å². The summed E-state index contributed by atoms with van der Waals surface area (Å²) < 4.78 is 2.13. The smallest absolute Gasteiger partial charge is 0.0945 e. The first-order chi connectivity index (χ1) is 8.92. The Hall–Kier alpha value is -1.61. The van der Waals surface area contributed by atoms with Crippen molar-refractivity contribution in [1.82, 2.24) is 14.9 Å². The molecule has 0 bridgehead atoms. The Morgan fingerprint density at radius 3 is 2.67 bits per heavy atom. The molecule has 0 radical (unpaired) electrons. The van der Waals surface area contributed by atoms with Crippen molar-refractivity contribution >= 4 is 0 Å². The lowest BCUT2D eigenvalue weighted by molar-refractivity contribution is 0.501. The van der Waals surface area contributed by atoms with Crippen LogP contribution in [0.15, 0.2) is 43.0 Å². The highest BCUT2D eigenvalue weighted by Crippen LogP contribution is 2.21. The molecule has 1 aliphatic carbocycles. The zero-order valence-electron chi connectivity index (χ0n) is 10.5. The highest BCUT2D eigenvalue weighted by molar-refractivity contribution is 5.33. The highest BCUT2D eigenvalue weighted by Gasteiger charge is 2.19. The van der Waals surface area contributed by atoms with Crippen molar-refractivity contribution in [3.8, 4) is 0 Å². The van der Waals surface area contributed by atoms with Crippen LogP contribution in [0.25, 0.3) is 0 Å². The van der Waals surface area contributed by atoms with Crippen LogP contribution in [0.1, 0.15) is 17.5 Å². The molecule has 1 N–H and O–H groups in total. The maximum atomic E-state index is 4.05. The van der Waals surface area contributed by atoms with Crippen molar-refractivity contribution in [2.45, 2.75) is 31.8 Å². The zero-order chi connectivity index (χ0) is 12.2. The van der Waals surface area contributed by atoms with Crippen LogP contribution in [-0.4, -0.2) is 22.1 Å². The average Bonchev–Trinajstić information content (AvgIpc) is 3.03. The quantitative estimate of drug-likeness (QED) is 0.812. The summed E-state index contributed by atoms with van der Waals surface area (Å²) in [5, 5.41) is 3.66. The van der Waals surface area contributed by atoms with Gasteiger partial charge in [-0.25, -0.2) is 4.98 Å². The number of aromatic nitrogens is 2. The van der Waals surface area contributed by atoms with E-state index in [0.29, 0.717) is 6.04 Å². The van der Waals surface area contributed by atoms with Gasteiger partial charge < -0.3 is 9.88 Å². The molecule has 94 valence electrons. The molecule has 0 unspecified atom stereocenters. The largest absolute Gasteiger partial charge is 0.337 e. The molecule has 0 saturated carbocycles. The van der Waals surface area contributed by atoms with Crippen molar-refractivity contribution in [3.05, 3.63) is 54.1 Å². The van der Waals surface area contributed by atoms with Gasteiger partial charge in [-0.1, -0.05) is 24.3 Å². The van der Waals surface area contributed by atoms with Gasteiger partial charge in [-0.05, 0) is 36.9 Å². The van der Waals surface area contributed by atoms with Gasteiger partial charge in [0, 0.05) is 25.0 Å². The Morgan fingerprint density at radius 1 is 1.22 bits per heavy atom. The van der Waals surface area contributed by atoms with Crippen LogP contribution < -0.4 is 5.32 Å². The molecule has 1 aromatic heterocycles. The fraction of sp³-hybridized carbons (Fsp3) is 0.400. The molecule has 0 aliphatic heterocycles. The van der Waals surface area contributed by atoms with Crippen molar-refractivity contribution in [3.63, 3.8) is 0 Å². The van der Waals surface area contributed by atoms with E-state index in [2.05, 4.69) is 39.1 Å². The second kappa shape index (κ2) is 5.36. The normalized spacial score (nSPS) is 14.9. The Kier molecular flexibility index (Phi) is 3.42. The number of nitrogens with one attached hydrogen (secondary N) is 1. The van der Waals surface area contributed by atoms with Crippen molar-refractivity contribution < 1.29 is 0 Å². The minimum atomic E-state index is 0.630. The van der Waals surface area contributed by atoms with Crippen molar-refractivity contribution in [1.29, 1.82) is 0 Å². The third kappa shape index (κ3) is 2.62. The summed E-state index contributed by atoms with van der Waals surface area (Å²) in [4.78, 5) is 4.05. The summed E-state index contributed by atoms with van der Waals surface area (Å²) in [6.45, 7) is 2.13. The SMILES string of the molecule is c1ccc2c(c1)CC(NCCCn1ccnc1)C2. The first kappa shape index (κ1) is 11.5. The van der Waals surface area contributed by atoms with Gasteiger partial charge in [-0.2, -0.15) is 0 Å². The molecule has 0 saturated heterocycles. The predicted octanol–water partition coefficient (Wildman–Crippen LogP) is 2.03. The first-order valence-electron chi connectivity index (χ1n) is 6.68. The molecular weight excluding hydrogens is 222 g/mol. The van der Waals surface area contributed by atoms with Crippen LogP contribution in [0.5, 0.6) is 0 Å². The monoisotopic (exact) mass is 241 g/mol. The van der Waals surface area contributed by atoms with Gasteiger partial charge in [0.15, 0.2) is 0 Å². The summed E-state index contributed by atoms with van der Waals surface area (Å²) in [5.41, 5.74) is 3.04. The maximum absolute atomic E-state index is 4.05. The van der Waals surface area contributed by atoms with E-state index in [4.69, 9.17) is 0 Å². The van der Waals surface area contributed by atoms with E-state index in [0.717, 1.165) is 19.5 Å². The number of benzene rings is 1. The number of hydrogen-bond donors (Lipinski definition) is 1. The Bertz CT molecular complexity index is 465. The average molecular weight is 241 g/mol. The minimum absolute atomic E-state index is 0.630. The van der Waals surface area contributed by atoms with Crippen molar-refractivity contribution in [2.75, 3.05) is 6.54 Å². The van der Waals surface area contributed by atoms with Crippen LogP contribution in [0.2, 0.25) is 0 Å². The fourth-order valence-corrected chi connectivity index (χ4v) is 2.69. The summed E-state index contributed by atoms with van der Waals surface area (Å²) in [7, 11) is 0. The Balaban J connectivity index is 1.41. The predicted molar refractivity (Wildman–Crippen MR) is 72.5 cm³/mol. The fourth-order valence-electron chi connectivity index (χ4n) is 2.69. The number of nitrogens with zero attached hydrogens (tertiary/aromatic N) is 2. The molecule has 18 heavy (non-hydrogen) atoms. The van der Waals surface area contributed by atoms with Crippen LogP contribution in [0.3, 0.4) is 0 Å². The molecule has 1 aromatic carbocycles. The third-order valence-electron chi connectivity index (χ3n) is 3.64. The van der Waals surface area contributed by atoms with E-state index in [1.165, 1.54) is 24.0 Å². The van der Waals surface area contributed by atoms with Crippen LogP contribution in [0.4, 0.5) is 0 Å². The van der Waals surface area contributed by atoms with Gasteiger partial charge in [-0.15, -0.1) is 0 Å². The molecule has 3 nitrogen and oxygen atoms in total. The minimum Gasteiger partial charge on any atom is -0.337 e. The first-order valence-corrected chi connectivity index (χ1v) is 6.68. The van der Waals surface area contributed by atoms with Crippen LogP contribution in [0, 0.1) is 0 Å². The molecule has 0 atom stereocenters. The lowest BCUT2D eigenvalue weighted by Crippen LogP contribution is -2.30. The van der Waals surface area contributed by atoms with E-state index < -0.39 is 0 Å². The van der Waals surface area contributed by atoms with E-state index in [1.807, 2.05) is 18.7 Å². The van der Waals surface area contributed by atoms with E-state index >= 15 is 0 Å². The summed E-state index contributed by atoms with van der Waals surface area (Å²) in [6, 6.07) is 9.41. The number of imidazole rings is 1. The third-order valence-corrected chi connectivity index (χ3v) is 3.64. The van der Waals surface area contributed by atoms with Crippen molar-refractivity contribution in [2.24, 2.45) is 0 Å². The molecule has 3 heteroatoms. The lowest BCUT2D eigenvalue weighted by Gasteiger charge is -2.11. The van der Waals surface area contributed by atoms with E-state index in [1.54, 1.807) is 0 Å². The molecule has 1 aliphatic rings. The van der Waals surface area contributed by atoms with Gasteiger partial charge in [0.2, 0.25) is 0 Å². The number of fused-ring (bicyclic) bond motifs is 1. The molecule has 3 rings (SSSR count). The van der Waals surface area contributed by atoms with Gasteiger partial charge in [0.05, 0.1) is 6.33 Å². The van der Waals surface area contributed by atoms with Gasteiger partial charge >= 0.3 is 0 Å². The summed E-state index contributed by atoms with van der Waals surface area (Å²) in [5.74, 6) is 0. The topological polar surface area (TPSA) is 29.9 Å². The molecule has 0 fully saturated rings. The number of rotatable bonds is 5. The summed E-state index contributed by atoms with van der Waals surface area (Å²) in [6.07, 6.45) is 9.25. The number of hydrogen-bond acceptors (Lipinski definition) is 2. The molecule has 0 spiro atoms. The second-order valence-corrected chi connectivity index (χ2v) is 4.98. The molecular formula is C15H19N3.